The van der Waals surface area contributed by atoms with E-state index in [1.807, 2.05) is 29.2 Å². The van der Waals surface area contributed by atoms with E-state index >= 15 is 0 Å². The van der Waals surface area contributed by atoms with Gasteiger partial charge in [0.2, 0.25) is 11.8 Å². The van der Waals surface area contributed by atoms with Gasteiger partial charge in [-0.05, 0) is 18.4 Å². The molecule has 5 heteroatoms. The van der Waals surface area contributed by atoms with Crippen molar-refractivity contribution >= 4 is 16.7 Å². The van der Waals surface area contributed by atoms with Crippen molar-refractivity contribution in [2.24, 2.45) is 5.92 Å². The lowest BCUT2D eigenvalue weighted by Crippen LogP contribution is -2.41. The molecular weight excluding hydrogens is 326 g/mol. The molecule has 1 amide bonds. The summed E-state index contributed by atoms with van der Waals surface area (Å²) in [6.07, 6.45) is 10.7. The molecule has 4 rings (SSSR count). The first-order valence-corrected chi connectivity index (χ1v) is 9.94. The van der Waals surface area contributed by atoms with E-state index in [9.17, 15) is 4.79 Å². The maximum Gasteiger partial charge on any atom is 0.241 e. The van der Waals surface area contributed by atoms with Crippen LogP contribution in [-0.2, 0) is 4.79 Å². The topological polar surface area (TPSA) is 55.3 Å². The predicted molar refractivity (Wildman–Crippen MR) is 101 cm³/mol. The van der Waals surface area contributed by atoms with Crippen LogP contribution >= 0.6 is 0 Å². The fourth-order valence-electron chi connectivity index (χ4n) is 4.25. The number of hydrogen-bond donors (Lipinski definition) is 0. The minimum atomic E-state index is 0.106. The molecule has 1 aliphatic heterocycles. The van der Waals surface area contributed by atoms with E-state index in [1.54, 1.807) is 6.20 Å². The molecule has 1 aromatic heterocycles. The molecule has 1 saturated heterocycles. The van der Waals surface area contributed by atoms with Crippen LogP contribution in [0.25, 0.3) is 10.8 Å². The summed E-state index contributed by atoms with van der Waals surface area (Å²) in [5.74, 6) is 1.71. The molecule has 5 nitrogen and oxygen atoms in total. The zero-order valence-corrected chi connectivity index (χ0v) is 15.3. The van der Waals surface area contributed by atoms with Crippen molar-refractivity contribution in [2.45, 2.75) is 57.5 Å². The van der Waals surface area contributed by atoms with Crippen LogP contribution in [0.5, 0.6) is 5.88 Å². The second-order valence-electron chi connectivity index (χ2n) is 7.62. The zero-order chi connectivity index (χ0) is 17.8. The third-order valence-electron chi connectivity index (χ3n) is 5.85. The molecule has 0 bridgehead atoms. The van der Waals surface area contributed by atoms with E-state index in [2.05, 4.69) is 10.2 Å². The number of carbonyl (C=O) groups excluding carboxylic acids is 1. The van der Waals surface area contributed by atoms with Crippen molar-refractivity contribution in [3.63, 3.8) is 0 Å². The number of likely N-dealkylation sites (tertiary alicyclic amines) is 1. The van der Waals surface area contributed by atoms with Gasteiger partial charge in [-0.2, -0.15) is 5.10 Å². The van der Waals surface area contributed by atoms with Gasteiger partial charge >= 0.3 is 0 Å². The van der Waals surface area contributed by atoms with Crippen LogP contribution in [0.3, 0.4) is 0 Å². The Labute approximate surface area is 154 Å². The molecule has 0 unspecified atom stereocenters. The smallest absolute Gasteiger partial charge is 0.241 e. The number of aromatic nitrogens is 2. The lowest BCUT2D eigenvalue weighted by atomic mass is 10.0. The number of carbonyl (C=O) groups is 1. The van der Waals surface area contributed by atoms with E-state index in [0.29, 0.717) is 18.2 Å². The summed E-state index contributed by atoms with van der Waals surface area (Å²) >= 11 is 0. The number of piperidine rings is 1. The van der Waals surface area contributed by atoms with E-state index in [4.69, 9.17) is 4.74 Å². The standard InChI is InChI=1S/C21H27N3O2/c25-20(10-9-16-5-1-2-6-16)24-13-11-18(12-14-24)26-21-19-8-4-3-7-17(19)15-22-23-21/h3-4,7-8,15-16,18H,1-2,5-6,9-14H2. The van der Waals surface area contributed by atoms with Gasteiger partial charge in [-0.3, -0.25) is 4.79 Å². The number of fused-ring (bicyclic) bond motifs is 1. The fourth-order valence-corrected chi connectivity index (χ4v) is 4.25. The minimum absolute atomic E-state index is 0.106. The van der Waals surface area contributed by atoms with Gasteiger partial charge < -0.3 is 9.64 Å². The van der Waals surface area contributed by atoms with E-state index < -0.39 is 0 Å². The summed E-state index contributed by atoms with van der Waals surface area (Å²) in [5.41, 5.74) is 0. The molecular formula is C21H27N3O2. The molecule has 26 heavy (non-hydrogen) atoms. The van der Waals surface area contributed by atoms with Crippen molar-refractivity contribution < 1.29 is 9.53 Å². The van der Waals surface area contributed by atoms with Crippen LogP contribution in [0.15, 0.2) is 30.5 Å². The first-order valence-electron chi connectivity index (χ1n) is 9.94. The van der Waals surface area contributed by atoms with Gasteiger partial charge in [0.05, 0.1) is 6.20 Å². The average Bonchev–Trinajstić information content (AvgIpc) is 3.21. The quantitative estimate of drug-likeness (QED) is 0.816. The Morgan fingerprint density at radius 1 is 1.12 bits per heavy atom. The van der Waals surface area contributed by atoms with Crippen LogP contribution < -0.4 is 4.74 Å². The van der Waals surface area contributed by atoms with Crippen LogP contribution in [0.2, 0.25) is 0 Å². The third-order valence-corrected chi connectivity index (χ3v) is 5.85. The Balaban J connectivity index is 1.28. The number of hydrogen-bond acceptors (Lipinski definition) is 4. The minimum Gasteiger partial charge on any atom is -0.473 e. The van der Waals surface area contributed by atoms with E-state index in [1.165, 1.54) is 25.7 Å². The molecule has 1 saturated carbocycles. The van der Waals surface area contributed by atoms with Gasteiger partial charge in [-0.25, -0.2) is 0 Å². The largest absolute Gasteiger partial charge is 0.473 e. The summed E-state index contributed by atoms with van der Waals surface area (Å²) in [7, 11) is 0. The Morgan fingerprint density at radius 2 is 1.88 bits per heavy atom. The third kappa shape index (κ3) is 3.97. The van der Waals surface area contributed by atoms with Crippen molar-refractivity contribution in [3.05, 3.63) is 30.5 Å². The zero-order valence-electron chi connectivity index (χ0n) is 15.3. The van der Waals surface area contributed by atoms with Gasteiger partial charge in [0.25, 0.3) is 0 Å². The Kier molecular flexibility index (Phi) is 5.32. The van der Waals surface area contributed by atoms with Crippen LogP contribution in [0, 0.1) is 5.92 Å². The molecule has 2 heterocycles. The first-order chi connectivity index (χ1) is 12.8. The molecule has 1 aliphatic carbocycles. The number of benzene rings is 1. The van der Waals surface area contributed by atoms with Crippen LogP contribution in [0.1, 0.15) is 51.4 Å². The van der Waals surface area contributed by atoms with Gasteiger partial charge in [-0.1, -0.05) is 43.9 Å². The Morgan fingerprint density at radius 3 is 2.69 bits per heavy atom. The molecule has 0 N–H and O–H groups in total. The maximum absolute atomic E-state index is 12.5. The van der Waals surface area contributed by atoms with Crippen molar-refractivity contribution in [3.8, 4) is 5.88 Å². The molecule has 1 aromatic carbocycles. The Bertz CT molecular complexity index is 745. The monoisotopic (exact) mass is 353 g/mol. The molecule has 138 valence electrons. The maximum atomic E-state index is 12.5. The lowest BCUT2D eigenvalue weighted by molar-refractivity contribution is -0.133. The molecule has 2 aliphatic rings. The van der Waals surface area contributed by atoms with Crippen molar-refractivity contribution in [1.29, 1.82) is 0 Å². The number of ether oxygens (including phenoxy) is 1. The summed E-state index contributed by atoms with van der Waals surface area (Å²) < 4.78 is 6.13. The highest BCUT2D eigenvalue weighted by Gasteiger charge is 2.25. The summed E-state index contributed by atoms with van der Waals surface area (Å²) in [5, 5.41) is 10.3. The summed E-state index contributed by atoms with van der Waals surface area (Å²) in [4.78, 5) is 14.5. The fraction of sp³-hybridized carbons (Fsp3) is 0.571. The predicted octanol–water partition coefficient (Wildman–Crippen LogP) is 3.97. The first kappa shape index (κ1) is 17.3. The van der Waals surface area contributed by atoms with Gasteiger partial charge in [-0.15, -0.1) is 5.10 Å². The van der Waals surface area contributed by atoms with Gasteiger partial charge in [0, 0.05) is 43.1 Å². The second kappa shape index (κ2) is 8.02. The second-order valence-corrected chi connectivity index (χ2v) is 7.62. The number of amides is 1. The molecule has 2 fully saturated rings. The molecule has 0 spiro atoms. The number of rotatable bonds is 5. The van der Waals surface area contributed by atoms with Crippen molar-refractivity contribution in [1.82, 2.24) is 15.1 Å². The van der Waals surface area contributed by atoms with Crippen molar-refractivity contribution in [2.75, 3.05) is 13.1 Å². The highest BCUT2D eigenvalue weighted by molar-refractivity contribution is 5.85. The van der Waals surface area contributed by atoms with Gasteiger partial charge in [0.1, 0.15) is 6.10 Å². The lowest BCUT2D eigenvalue weighted by Gasteiger charge is -2.32. The van der Waals surface area contributed by atoms with Gasteiger partial charge in [0.15, 0.2) is 0 Å². The average molecular weight is 353 g/mol. The highest BCUT2D eigenvalue weighted by Crippen LogP contribution is 2.29. The highest BCUT2D eigenvalue weighted by atomic mass is 16.5. The molecule has 0 atom stereocenters. The van der Waals surface area contributed by atoms with E-state index in [0.717, 1.165) is 49.0 Å². The van der Waals surface area contributed by atoms with Crippen LogP contribution in [-0.4, -0.2) is 40.2 Å². The molecule has 2 aromatic rings. The van der Waals surface area contributed by atoms with E-state index in [-0.39, 0.29) is 6.10 Å². The summed E-state index contributed by atoms with van der Waals surface area (Å²) in [6.45, 7) is 1.57. The summed E-state index contributed by atoms with van der Waals surface area (Å²) in [6, 6.07) is 8.01. The number of nitrogens with zero attached hydrogens (tertiary/aromatic N) is 3. The molecule has 0 radical (unpaired) electrons. The SMILES string of the molecule is O=C(CCC1CCCC1)N1CCC(Oc2nncc3ccccc23)CC1. The Hall–Kier alpha value is -2.17. The van der Waals surface area contributed by atoms with Crippen LogP contribution in [0.4, 0.5) is 0 Å². The normalized spacial score (nSPS) is 19.2.